The van der Waals surface area contributed by atoms with Gasteiger partial charge in [0.05, 0.1) is 0 Å². The van der Waals surface area contributed by atoms with Gasteiger partial charge in [-0.2, -0.15) is 24.8 Å². The molecule has 11 heavy (non-hydrogen) atoms. The van der Waals surface area contributed by atoms with Crippen molar-refractivity contribution in [3.63, 3.8) is 0 Å². The first-order valence-electron chi connectivity index (χ1n) is 2.43. The van der Waals surface area contributed by atoms with E-state index in [1.54, 1.807) is 0 Å². The first-order chi connectivity index (χ1) is 4.83. The van der Waals surface area contributed by atoms with Crippen LogP contribution in [-0.4, -0.2) is 12.4 Å². The molecule has 0 aliphatic rings. The summed E-state index contributed by atoms with van der Waals surface area (Å²) in [6, 6.07) is 0. The standard InChI is InChI=1S/2C3H4N2.Ni/c2*4-2-1-3-5;/h2*1-4H;/q2*-2;/b2*2-1-;. The fourth-order valence-corrected chi connectivity index (χ4v) is 0.0861. The van der Waals surface area contributed by atoms with Crippen LogP contribution in [0.15, 0.2) is 24.6 Å². The van der Waals surface area contributed by atoms with Crippen molar-refractivity contribution in [3.05, 3.63) is 46.8 Å². The summed E-state index contributed by atoms with van der Waals surface area (Å²) in [6.45, 7) is 0. The van der Waals surface area contributed by atoms with Gasteiger partial charge in [-0.15, -0.1) is 12.2 Å². The van der Waals surface area contributed by atoms with Crippen LogP contribution in [0.3, 0.4) is 0 Å². The molecule has 0 unspecified atom stereocenters. The van der Waals surface area contributed by atoms with Gasteiger partial charge in [-0.05, 0) is 0 Å². The van der Waals surface area contributed by atoms with Crippen molar-refractivity contribution in [1.29, 1.82) is 0 Å². The summed E-state index contributed by atoms with van der Waals surface area (Å²) in [6.07, 6.45) is 6.07. The minimum atomic E-state index is 0. The van der Waals surface area contributed by atoms with Crippen molar-refractivity contribution < 1.29 is 16.5 Å². The van der Waals surface area contributed by atoms with E-state index in [0.29, 0.717) is 0 Å². The number of rotatable bonds is 2. The Morgan fingerprint density at radius 1 is 0.818 bits per heavy atom. The maximum atomic E-state index is 7.73. The Morgan fingerprint density at radius 2 is 1.09 bits per heavy atom. The summed E-state index contributed by atoms with van der Waals surface area (Å²) in [7, 11) is 0. The molecule has 4 nitrogen and oxygen atoms in total. The molecule has 2 N–H and O–H groups in total. The maximum absolute atomic E-state index is 7.73. The van der Waals surface area contributed by atoms with E-state index in [0.717, 1.165) is 24.8 Å². The normalized spacial score (nSPS) is 8.00. The van der Waals surface area contributed by atoms with Crippen LogP contribution in [0.2, 0.25) is 0 Å². The van der Waals surface area contributed by atoms with Crippen LogP contribution in [0.5, 0.6) is 0 Å². The van der Waals surface area contributed by atoms with Crippen LogP contribution < -0.4 is 0 Å². The molecule has 0 amide bonds. The molecule has 0 heterocycles. The zero-order chi connectivity index (χ0) is 8.24. The summed E-state index contributed by atoms with van der Waals surface area (Å²) in [5.74, 6) is 0. The van der Waals surface area contributed by atoms with Gasteiger partial charge in [0, 0.05) is 16.5 Å². The van der Waals surface area contributed by atoms with Crippen molar-refractivity contribution in [2.24, 2.45) is 0 Å². The molecular formula is C6H8N4Ni-4. The molecule has 0 aromatic heterocycles. The van der Waals surface area contributed by atoms with Crippen LogP contribution in [0.25, 0.3) is 22.3 Å². The van der Waals surface area contributed by atoms with E-state index >= 15 is 0 Å². The molecule has 66 valence electrons. The molecule has 0 saturated carbocycles. The Labute approximate surface area is 76.3 Å². The molecule has 0 rings (SSSR count). The molecule has 0 atom stereocenters. The maximum Gasteiger partial charge on any atom is 0 e. The van der Waals surface area contributed by atoms with Crippen LogP contribution in [0.4, 0.5) is 0 Å². The van der Waals surface area contributed by atoms with E-state index in [-0.39, 0.29) is 16.5 Å². The second kappa shape index (κ2) is 23.1. The summed E-state index contributed by atoms with van der Waals surface area (Å²) in [5, 5.41) is 15.5. The third-order valence-electron chi connectivity index (χ3n) is 0.365. The van der Waals surface area contributed by atoms with E-state index in [4.69, 9.17) is 22.3 Å². The van der Waals surface area contributed by atoms with Gasteiger partial charge in [0.15, 0.2) is 0 Å². The summed E-state index contributed by atoms with van der Waals surface area (Å²) < 4.78 is 0. The topological polar surface area (TPSA) is 92.2 Å². The van der Waals surface area contributed by atoms with Crippen LogP contribution in [0.1, 0.15) is 0 Å². The van der Waals surface area contributed by atoms with Crippen molar-refractivity contribution in [2.75, 3.05) is 0 Å². The van der Waals surface area contributed by atoms with Gasteiger partial charge in [-0.1, -0.05) is 0 Å². The molecular weight excluding hydrogens is 187 g/mol. The molecule has 0 aromatic rings. The van der Waals surface area contributed by atoms with Crippen LogP contribution in [0, 0.1) is 0 Å². The summed E-state index contributed by atoms with van der Waals surface area (Å²) >= 11 is 0. The Hall–Kier alpha value is -1.09. The van der Waals surface area contributed by atoms with E-state index in [9.17, 15) is 0 Å². The number of nitrogens with one attached hydrogen (secondary N) is 2. The molecule has 0 bridgehead atoms. The van der Waals surface area contributed by atoms with E-state index in [2.05, 4.69) is 0 Å². The van der Waals surface area contributed by atoms with Gasteiger partial charge in [-0.3, -0.25) is 0 Å². The fraction of sp³-hybridized carbons (Fsp3) is 0. The number of nitrogens with zero attached hydrogens (tertiary/aromatic N) is 2. The van der Waals surface area contributed by atoms with Gasteiger partial charge in [-0.25, -0.2) is 0 Å². The van der Waals surface area contributed by atoms with E-state index in [1.807, 2.05) is 0 Å². The average Bonchev–Trinajstić information content (AvgIpc) is 1.93. The van der Waals surface area contributed by atoms with E-state index in [1.165, 1.54) is 12.2 Å². The van der Waals surface area contributed by atoms with Crippen molar-refractivity contribution in [2.45, 2.75) is 0 Å². The van der Waals surface area contributed by atoms with Crippen LogP contribution >= 0.6 is 0 Å². The zero-order valence-corrected chi connectivity index (χ0v) is 6.66. The minimum Gasteiger partial charge on any atom is -0.811 e. The van der Waals surface area contributed by atoms with Crippen molar-refractivity contribution in [3.8, 4) is 0 Å². The number of allylic oxidation sites excluding steroid dienone is 2. The molecule has 5 heteroatoms. The third kappa shape index (κ3) is 50.2. The van der Waals surface area contributed by atoms with Crippen LogP contribution in [-0.2, 0) is 16.5 Å². The molecule has 0 aliphatic carbocycles. The Kier molecular flexibility index (Phi) is 34.6. The van der Waals surface area contributed by atoms with Gasteiger partial charge < -0.3 is 22.3 Å². The molecule has 0 fully saturated rings. The van der Waals surface area contributed by atoms with Gasteiger partial charge in [0.25, 0.3) is 0 Å². The predicted octanol–water partition coefficient (Wildman–Crippen LogP) is 2.38. The first kappa shape index (κ1) is 16.5. The SMILES string of the molecule is [N-]=C/C=C\[NH-].[N-]=C/C=C\[NH-].[Ni]. The van der Waals surface area contributed by atoms with Gasteiger partial charge in [0.1, 0.15) is 0 Å². The summed E-state index contributed by atoms with van der Waals surface area (Å²) in [4.78, 5) is 0. The molecule has 0 aromatic carbocycles. The van der Waals surface area contributed by atoms with Crippen molar-refractivity contribution >= 4 is 12.4 Å². The smallest absolute Gasteiger partial charge is 0 e. The van der Waals surface area contributed by atoms with Gasteiger partial charge >= 0.3 is 0 Å². The molecule has 0 saturated heterocycles. The molecule has 0 radical (unpaired) electrons. The average molecular weight is 195 g/mol. The zero-order valence-electron chi connectivity index (χ0n) is 5.67. The summed E-state index contributed by atoms with van der Waals surface area (Å²) in [5.41, 5.74) is 12.5. The second-order valence-corrected chi connectivity index (χ2v) is 1.02. The largest absolute Gasteiger partial charge is 0.811 e. The Bertz CT molecular complexity index is 115. The van der Waals surface area contributed by atoms with E-state index < -0.39 is 0 Å². The number of hydrogen-bond acceptors (Lipinski definition) is 0. The minimum absolute atomic E-state index is 0. The molecule has 0 aliphatic heterocycles. The first-order valence-corrected chi connectivity index (χ1v) is 2.43. The van der Waals surface area contributed by atoms with Gasteiger partial charge in [0.2, 0.25) is 0 Å². The quantitative estimate of drug-likeness (QED) is 0.477. The number of hydrogen-bond donors (Lipinski definition) is 0. The molecule has 0 spiro atoms. The second-order valence-electron chi connectivity index (χ2n) is 1.02. The third-order valence-corrected chi connectivity index (χ3v) is 0.365. The monoisotopic (exact) mass is 194 g/mol. The fourth-order valence-electron chi connectivity index (χ4n) is 0.0861. The predicted molar refractivity (Wildman–Crippen MR) is 45.8 cm³/mol. The Morgan fingerprint density at radius 3 is 1.09 bits per heavy atom. The Balaban J connectivity index is -0.000000107. The van der Waals surface area contributed by atoms with Crippen molar-refractivity contribution in [1.82, 2.24) is 0 Å².